The summed E-state index contributed by atoms with van der Waals surface area (Å²) in [5.74, 6) is -0.146. The van der Waals surface area contributed by atoms with E-state index in [2.05, 4.69) is 0 Å². The number of hydrogen-bond donors (Lipinski definition) is 1. The molecule has 4 nitrogen and oxygen atoms in total. The number of sulfone groups is 1. The smallest absolute Gasteiger partial charge is 0.151 e. The molecule has 1 aliphatic rings. The van der Waals surface area contributed by atoms with E-state index in [4.69, 9.17) is 22.1 Å². The van der Waals surface area contributed by atoms with Crippen molar-refractivity contribution in [2.45, 2.75) is 18.1 Å². The van der Waals surface area contributed by atoms with Gasteiger partial charge in [-0.1, -0.05) is 23.7 Å². The second-order valence-corrected chi connectivity index (χ2v) is 7.96. The van der Waals surface area contributed by atoms with E-state index in [1.54, 1.807) is 6.07 Å². The molecule has 0 bridgehead atoms. The Morgan fingerprint density at radius 1 is 1.45 bits per heavy atom. The summed E-state index contributed by atoms with van der Waals surface area (Å²) in [6, 6.07) is 7.32. The minimum Gasteiger partial charge on any atom is -0.381 e. The van der Waals surface area contributed by atoms with Gasteiger partial charge in [-0.05, 0) is 24.6 Å². The molecule has 0 radical (unpaired) electrons. The third-order valence-corrected chi connectivity index (χ3v) is 5.90. The molecule has 1 fully saturated rings. The van der Waals surface area contributed by atoms with Crippen molar-refractivity contribution >= 4 is 21.4 Å². The molecule has 0 aromatic heterocycles. The zero-order valence-corrected chi connectivity index (χ0v) is 13.2. The molecule has 0 unspecified atom stereocenters. The first-order valence-electron chi connectivity index (χ1n) is 6.59. The van der Waals surface area contributed by atoms with Crippen LogP contribution in [0.15, 0.2) is 24.3 Å². The Bertz CT molecular complexity index is 590. The van der Waals surface area contributed by atoms with E-state index < -0.39 is 20.5 Å². The van der Waals surface area contributed by atoms with Gasteiger partial charge in [0.1, 0.15) is 0 Å². The maximum absolute atomic E-state index is 12.1. The number of hydrogen-bond acceptors (Lipinski definition) is 4. The highest BCUT2D eigenvalue weighted by molar-refractivity contribution is 7.91. The summed E-state index contributed by atoms with van der Waals surface area (Å²) in [5, 5.41) is 0.106. The summed E-state index contributed by atoms with van der Waals surface area (Å²) in [4.78, 5) is 0. The number of benzene rings is 1. The summed E-state index contributed by atoms with van der Waals surface area (Å²) in [7, 11) is -3.19. The lowest BCUT2D eigenvalue weighted by molar-refractivity contribution is 0.101. The van der Waals surface area contributed by atoms with Crippen LogP contribution in [-0.4, -0.2) is 39.7 Å². The third-order valence-electron chi connectivity index (χ3n) is 4.00. The molecule has 0 saturated heterocycles. The standard InChI is InChI=1S/C14H20ClNO3S/c1-3-19-9-14(8-16)12(13(14)20(2,17)18)10-5-4-6-11(15)7-10/h4-7,12-13H,3,8-9,16H2,1-2H3/t12-,13+,14+/m1/s1. The SMILES string of the molecule is CCOC[C@@]1(CN)[C@H](c2cccc(Cl)c2)[C@@H]1S(C)(=O)=O. The monoisotopic (exact) mass is 317 g/mol. The molecule has 0 amide bonds. The minimum atomic E-state index is -3.19. The van der Waals surface area contributed by atoms with Crippen LogP contribution in [0.1, 0.15) is 18.4 Å². The number of nitrogens with two attached hydrogens (primary N) is 1. The van der Waals surface area contributed by atoms with Crippen molar-refractivity contribution in [3.63, 3.8) is 0 Å². The highest BCUT2D eigenvalue weighted by Gasteiger charge is 2.69. The molecular weight excluding hydrogens is 298 g/mol. The van der Waals surface area contributed by atoms with Crippen LogP contribution in [0.2, 0.25) is 5.02 Å². The van der Waals surface area contributed by atoms with Crippen molar-refractivity contribution < 1.29 is 13.2 Å². The van der Waals surface area contributed by atoms with Crippen molar-refractivity contribution in [3.05, 3.63) is 34.9 Å². The topological polar surface area (TPSA) is 69.4 Å². The number of ether oxygens (including phenoxy) is 1. The van der Waals surface area contributed by atoms with E-state index in [0.717, 1.165) is 5.56 Å². The molecule has 2 N–H and O–H groups in total. The lowest BCUT2D eigenvalue weighted by Gasteiger charge is -2.15. The van der Waals surface area contributed by atoms with Crippen LogP contribution in [0.4, 0.5) is 0 Å². The van der Waals surface area contributed by atoms with Crippen LogP contribution < -0.4 is 5.73 Å². The van der Waals surface area contributed by atoms with Crippen molar-refractivity contribution in [2.75, 3.05) is 26.0 Å². The second-order valence-electron chi connectivity index (χ2n) is 5.36. The molecule has 1 aromatic carbocycles. The van der Waals surface area contributed by atoms with Crippen molar-refractivity contribution in [1.29, 1.82) is 0 Å². The summed E-state index contributed by atoms with van der Waals surface area (Å²) in [5.41, 5.74) is 6.27. The van der Waals surface area contributed by atoms with Gasteiger partial charge in [0, 0.05) is 35.8 Å². The molecule has 3 atom stereocenters. The first-order chi connectivity index (χ1) is 9.36. The zero-order chi connectivity index (χ0) is 15.0. The molecule has 1 aliphatic carbocycles. The summed E-state index contributed by atoms with van der Waals surface area (Å²) in [6.07, 6.45) is 1.26. The fraction of sp³-hybridized carbons (Fsp3) is 0.571. The predicted octanol–water partition coefficient (Wildman–Crippen LogP) is 1.83. The van der Waals surface area contributed by atoms with Gasteiger partial charge in [0.2, 0.25) is 0 Å². The van der Waals surface area contributed by atoms with E-state index in [1.807, 2.05) is 25.1 Å². The average Bonchev–Trinajstić information content (AvgIpc) is 3.06. The Hall–Kier alpha value is -0.620. The van der Waals surface area contributed by atoms with Gasteiger partial charge in [0.25, 0.3) is 0 Å². The fourth-order valence-corrected chi connectivity index (χ4v) is 5.31. The highest BCUT2D eigenvalue weighted by atomic mass is 35.5. The molecule has 2 rings (SSSR count). The maximum atomic E-state index is 12.1. The van der Waals surface area contributed by atoms with E-state index in [1.165, 1.54) is 6.26 Å². The van der Waals surface area contributed by atoms with Crippen molar-refractivity contribution in [3.8, 4) is 0 Å². The normalized spacial score (nSPS) is 29.4. The number of halogens is 1. The van der Waals surface area contributed by atoms with Crippen LogP contribution in [0.3, 0.4) is 0 Å². The van der Waals surface area contributed by atoms with Crippen molar-refractivity contribution in [2.24, 2.45) is 11.1 Å². The fourth-order valence-electron chi connectivity index (χ4n) is 3.10. The van der Waals surface area contributed by atoms with Gasteiger partial charge in [0.05, 0.1) is 11.9 Å². The molecule has 1 aromatic rings. The van der Waals surface area contributed by atoms with E-state index in [9.17, 15) is 8.42 Å². The molecule has 20 heavy (non-hydrogen) atoms. The molecule has 6 heteroatoms. The zero-order valence-electron chi connectivity index (χ0n) is 11.7. The lowest BCUT2D eigenvalue weighted by Crippen LogP contribution is -2.28. The first-order valence-corrected chi connectivity index (χ1v) is 8.92. The first kappa shape index (κ1) is 15.8. The van der Waals surface area contributed by atoms with E-state index >= 15 is 0 Å². The third kappa shape index (κ3) is 2.72. The Labute approximate surface area is 125 Å². The molecular formula is C14H20ClNO3S. The lowest BCUT2D eigenvalue weighted by atomic mass is 10.00. The van der Waals surface area contributed by atoms with Crippen LogP contribution in [-0.2, 0) is 14.6 Å². The Morgan fingerprint density at radius 3 is 2.65 bits per heavy atom. The molecule has 0 heterocycles. The van der Waals surface area contributed by atoms with Crippen molar-refractivity contribution in [1.82, 2.24) is 0 Å². The van der Waals surface area contributed by atoms with Gasteiger partial charge >= 0.3 is 0 Å². The molecule has 1 saturated carbocycles. The van der Waals surface area contributed by atoms with Gasteiger partial charge in [-0.25, -0.2) is 8.42 Å². The van der Waals surface area contributed by atoms with Gasteiger partial charge in [-0.3, -0.25) is 0 Å². The van der Waals surface area contributed by atoms with Crippen LogP contribution in [0.5, 0.6) is 0 Å². The van der Waals surface area contributed by atoms with Crippen LogP contribution >= 0.6 is 11.6 Å². The van der Waals surface area contributed by atoms with Crippen LogP contribution in [0, 0.1) is 5.41 Å². The number of rotatable bonds is 6. The average molecular weight is 318 g/mol. The second kappa shape index (κ2) is 5.64. The quantitative estimate of drug-likeness (QED) is 0.869. The summed E-state index contributed by atoms with van der Waals surface area (Å²) in [6.45, 7) is 3.06. The van der Waals surface area contributed by atoms with Crippen LogP contribution in [0.25, 0.3) is 0 Å². The van der Waals surface area contributed by atoms with E-state index in [-0.39, 0.29) is 12.5 Å². The minimum absolute atomic E-state index is 0.146. The Kier molecular flexibility index (Phi) is 4.44. The Balaban J connectivity index is 2.39. The van der Waals surface area contributed by atoms with Gasteiger partial charge < -0.3 is 10.5 Å². The molecule has 112 valence electrons. The van der Waals surface area contributed by atoms with Gasteiger partial charge in [-0.15, -0.1) is 0 Å². The molecule has 0 spiro atoms. The van der Waals surface area contributed by atoms with Gasteiger partial charge in [-0.2, -0.15) is 0 Å². The predicted molar refractivity (Wildman–Crippen MR) is 80.8 cm³/mol. The largest absolute Gasteiger partial charge is 0.381 e. The maximum Gasteiger partial charge on any atom is 0.151 e. The summed E-state index contributed by atoms with van der Waals surface area (Å²) < 4.78 is 29.6. The van der Waals surface area contributed by atoms with Gasteiger partial charge in [0.15, 0.2) is 9.84 Å². The van der Waals surface area contributed by atoms with E-state index in [0.29, 0.717) is 18.2 Å². The summed E-state index contributed by atoms with van der Waals surface area (Å²) >= 11 is 6.01. The Morgan fingerprint density at radius 2 is 2.15 bits per heavy atom. The molecule has 0 aliphatic heterocycles. The highest BCUT2D eigenvalue weighted by Crippen LogP contribution is 2.62.